The maximum absolute atomic E-state index is 9.86. The van der Waals surface area contributed by atoms with Crippen LogP contribution in [0.4, 0.5) is 0 Å². The van der Waals surface area contributed by atoms with Gasteiger partial charge in [-0.25, -0.2) is 29.9 Å². The normalized spacial score (nSPS) is 12.5. The van der Waals surface area contributed by atoms with Crippen LogP contribution >= 0.6 is 11.6 Å². The lowest BCUT2D eigenvalue weighted by Crippen LogP contribution is -2.15. The lowest BCUT2D eigenvalue weighted by molar-refractivity contribution is 0.453. The second-order valence-corrected chi connectivity index (χ2v) is 29.4. The van der Waals surface area contributed by atoms with E-state index < -0.39 is 0 Å². The first-order valence-corrected chi connectivity index (χ1v) is 37.4. The Labute approximate surface area is 653 Å². The van der Waals surface area contributed by atoms with Gasteiger partial charge in [0.15, 0.2) is 34.9 Å². The van der Waals surface area contributed by atoms with Crippen molar-refractivity contribution in [3.8, 4) is 131 Å². The molecule has 4 heterocycles. The maximum atomic E-state index is 9.86. The molecular weight excluding hydrogens is 1400 g/mol. The highest BCUT2D eigenvalue weighted by molar-refractivity contribution is 6.31. The SMILES string of the molecule is CC1(C)c2ccccc2-c2cc3c4ccccc4n(-c4cc(-c5cccc(C#N)c5)cc(-c5nc(-c6ccccc6)nc(-c6ccccc6)n5)c4)c3cc21.CC1(C)c2ccccc2-c2cc3c4ccccc4n(-c4cc(Cl)cc(-c5nc(-c6ccccc6)nc(-c6ccccc6)n5)c4)c3cc21.N#Cc1cccc(O[B]O)c1. The van der Waals surface area contributed by atoms with E-state index >= 15 is 0 Å². The summed E-state index contributed by atoms with van der Waals surface area (Å²) in [5, 5.41) is 32.0. The molecule has 112 heavy (non-hydrogen) atoms. The summed E-state index contributed by atoms with van der Waals surface area (Å²) in [5.41, 5.74) is 25.1. The van der Waals surface area contributed by atoms with Crippen molar-refractivity contribution < 1.29 is 9.68 Å². The fraction of sp³-hybridized carbons (Fsp3) is 0.0612. The van der Waals surface area contributed by atoms with Crippen LogP contribution in [0.3, 0.4) is 0 Å². The van der Waals surface area contributed by atoms with Crippen molar-refractivity contribution in [2.24, 2.45) is 0 Å². The van der Waals surface area contributed by atoms with Gasteiger partial charge in [-0.15, -0.1) is 0 Å². The fourth-order valence-electron chi connectivity index (χ4n) is 16.1. The van der Waals surface area contributed by atoms with E-state index in [4.69, 9.17) is 51.8 Å². The monoisotopic (exact) mass is 1460 g/mol. The highest BCUT2D eigenvalue weighted by Gasteiger charge is 2.38. The van der Waals surface area contributed by atoms with Gasteiger partial charge >= 0.3 is 7.69 Å². The predicted octanol–water partition coefficient (Wildman–Crippen LogP) is 23.2. The summed E-state index contributed by atoms with van der Waals surface area (Å²) in [6.45, 7) is 9.30. The summed E-state index contributed by atoms with van der Waals surface area (Å²) in [5.74, 6) is 4.03. The number of para-hydroxylation sites is 2. The largest absolute Gasteiger partial charge is 0.569 e. The highest BCUT2D eigenvalue weighted by Crippen LogP contribution is 2.53. The number of fused-ring (bicyclic) bond motifs is 12. The molecule has 0 fully saturated rings. The van der Waals surface area contributed by atoms with Crippen LogP contribution in [-0.4, -0.2) is 51.7 Å². The number of hydrogen-bond acceptors (Lipinski definition) is 10. The Morgan fingerprint density at radius 3 is 1.12 bits per heavy atom. The van der Waals surface area contributed by atoms with Gasteiger partial charge in [-0.3, -0.25) is 0 Å². The van der Waals surface area contributed by atoms with Crippen LogP contribution < -0.4 is 4.65 Å². The van der Waals surface area contributed by atoms with Crippen molar-refractivity contribution >= 4 is 62.9 Å². The quantitative estimate of drug-likeness (QED) is 0.123. The van der Waals surface area contributed by atoms with E-state index in [1.54, 1.807) is 18.2 Å². The molecule has 14 aromatic carbocycles. The van der Waals surface area contributed by atoms with Crippen LogP contribution in [0.15, 0.2) is 328 Å². The summed E-state index contributed by atoms with van der Waals surface area (Å²) in [6.07, 6.45) is 0. The zero-order valence-electron chi connectivity index (χ0n) is 61.5. The van der Waals surface area contributed by atoms with Crippen molar-refractivity contribution in [2.75, 3.05) is 0 Å². The summed E-state index contributed by atoms with van der Waals surface area (Å²) in [6, 6.07) is 116. The molecule has 2 aliphatic carbocycles. The van der Waals surface area contributed by atoms with Gasteiger partial charge in [0.05, 0.1) is 45.3 Å². The third kappa shape index (κ3) is 12.7. The van der Waals surface area contributed by atoms with Crippen LogP contribution in [0.5, 0.6) is 5.75 Å². The van der Waals surface area contributed by atoms with Gasteiger partial charge in [0.1, 0.15) is 5.75 Å². The molecule has 0 atom stereocenters. The molecule has 2 aliphatic rings. The molecule has 0 saturated heterocycles. The molecule has 14 heteroatoms. The Bertz CT molecular complexity index is 6710. The predicted molar refractivity (Wildman–Crippen MR) is 451 cm³/mol. The van der Waals surface area contributed by atoms with E-state index in [9.17, 15) is 5.26 Å². The first-order valence-electron chi connectivity index (χ1n) is 37.0. The number of rotatable bonds is 11. The summed E-state index contributed by atoms with van der Waals surface area (Å²) < 4.78 is 9.34. The third-order valence-corrected chi connectivity index (χ3v) is 21.7. The van der Waals surface area contributed by atoms with E-state index in [0.29, 0.717) is 64.5 Å². The number of halogens is 1. The molecule has 0 bridgehead atoms. The fourth-order valence-corrected chi connectivity index (χ4v) is 16.3. The molecule has 20 rings (SSSR count). The van der Waals surface area contributed by atoms with Crippen LogP contribution in [0.1, 0.15) is 61.1 Å². The van der Waals surface area contributed by atoms with Crippen molar-refractivity contribution in [1.82, 2.24) is 39.0 Å². The smallest absolute Gasteiger partial charge is 0.537 e. The van der Waals surface area contributed by atoms with Crippen molar-refractivity contribution in [3.63, 3.8) is 0 Å². The van der Waals surface area contributed by atoms with Crippen LogP contribution in [0.2, 0.25) is 5.02 Å². The summed E-state index contributed by atoms with van der Waals surface area (Å²) >= 11 is 6.95. The first kappa shape index (κ1) is 69.5. The van der Waals surface area contributed by atoms with Gasteiger partial charge in [-0.2, -0.15) is 10.5 Å². The van der Waals surface area contributed by atoms with E-state index in [-0.39, 0.29) is 10.8 Å². The lowest BCUT2D eigenvalue weighted by Gasteiger charge is -2.22. The number of nitrogens with zero attached hydrogens (tertiary/aromatic N) is 10. The topological polar surface area (TPSA) is 164 Å². The lowest BCUT2D eigenvalue weighted by atomic mass is 9.82. The molecule has 0 unspecified atom stereocenters. The van der Waals surface area contributed by atoms with Crippen LogP contribution in [-0.2, 0) is 10.8 Å². The molecule has 1 N–H and O–H groups in total. The van der Waals surface area contributed by atoms with Gasteiger partial charge in [0.2, 0.25) is 0 Å². The van der Waals surface area contributed by atoms with E-state index in [1.807, 2.05) is 158 Å². The Hall–Kier alpha value is -14.2. The first-order chi connectivity index (χ1) is 54.8. The molecule has 0 saturated carbocycles. The molecule has 0 aliphatic heterocycles. The molecule has 531 valence electrons. The van der Waals surface area contributed by atoms with Crippen LogP contribution in [0, 0.1) is 22.7 Å². The highest BCUT2D eigenvalue weighted by atomic mass is 35.5. The minimum atomic E-state index is -0.154. The van der Waals surface area contributed by atoms with E-state index in [0.717, 1.165) is 77.9 Å². The molecular formula is C98H67BClN10O2. The standard InChI is InChI=1S/C49H33N5.C42H29ClN4.C7H5BNO2/c1-49(2)42-22-11-9-20-38(42)40-28-41-39-21-10-12-23-44(39)54(45(41)29-43(40)49)37-26-35(34-19-13-14-31(24-34)30-50)25-36(27-37)48-52-46(32-15-5-3-6-16-32)51-47(53-48)33-17-7-4-8-18-33;1-42(2)35-19-11-9-17-31(35)33-24-34-32-18-10-12-20-37(32)47(38(34)25-36(33)42)30-22-28(21-29(43)23-30)41-45-39(26-13-5-3-6-14-26)44-40(46-41)27-15-7-4-8-16-27;9-5-6-2-1-3-7(4-6)11-8-10/h3-29H,1-2H3;3-25H,1-2H3;1-4,10H. The number of aromatic nitrogens is 8. The number of benzene rings is 14. The van der Waals surface area contributed by atoms with Crippen molar-refractivity contribution in [3.05, 3.63) is 366 Å². The van der Waals surface area contributed by atoms with Crippen molar-refractivity contribution in [1.29, 1.82) is 10.5 Å². The average molecular weight is 1460 g/mol. The second-order valence-electron chi connectivity index (χ2n) is 29.0. The minimum Gasteiger partial charge on any atom is -0.537 e. The Morgan fingerprint density at radius 1 is 0.312 bits per heavy atom. The van der Waals surface area contributed by atoms with E-state index in [2.05, 4.69) is 199 Å². The Balaban J connectivity index is 0.000000139. The molecule has 1 radical (unpaired) electrons. The number of hydrogen-bond donors (Lipinski definition) is 1. The zero-order valence-corrected chi connectivity index (χ0v) is 62.2. The van der Waals surface area contributed by atoms with Gasteiger partial charge < -0.3 is 18.8 Å². The van der Waals surface area contributed by atoms with E-state index in [1.165, 1.54) is 72.1 Å². The minimum absolute atomic E-state index is 0.118. The van der Waals surface area contributed by atoms with Gasteiger partial charge in [0, 0.05) is 82.2 Å². The van der Waals surface area contributed by atoms with Crippen LogP contribution in [0.25, 0.3) is 157 Å². The maximum Gasteiger partial charge on any atom is 0.569 e. The summed E-state index contributed by atoms with van der Waals surface area (Å²) in [4.78, 5) is 30.1. The molecule has 4 aromatic heterocycles. The number of nitriles is 2. The third-order valence-electron chi connectivity index (χ3n) is 21.5. The summed E-state index contributed by atoms with van der Waals surface area (Å²) in [7, 11) is 0.580. The Kier molecular flexibility index (Phi) is 17.8. The zero-order chi connectivity index (χ0) is 76.2. The average Bonchev–Trinajstić information content (AvgIpc) is 1.56. The van der Waals surface area contributed by atoms with Crippen molar-refractivity contribution in [2.45, 2.75) is 38.5 Å². The van der Waals surface area contributed by atoms with Gasteiger partial charge in [0.25, 0.3) is 0 Å². The second kappa shape index (κ2) is 28.7. The molecule has 18 aromatic rings. The molecule has 12 nitrogen and oxygen atoms in total. The Morgan fingerprint density at radius 2 is 0.679 bits per heavy atom. The molecule has 0 spiro atoms. The van der Waals surface area contributed by atoms with Gasteiger partial charge in [-0.1, -0.05) is 264 Å². The van der Waals surface area contributed by atoms with Gasteiger partial charge in [-0.05, 0) is 159 Å². The molecule has 0 amide bonds.